The van der Waals surface area contributed by atoms with Gasteiger partial charge in [0.25, 0.3) is 0 Å². The Morgan fingerprint density at radius 1 is 1.53 bits per heavy atom. The largest absolute Gasteiger partial charge is 0.392 e. The molecule has 1 aliphatic rings. The van der Waals surface area contributed by atoms with E-state index in [0.717, 1.165) is 17.9 Å². The van der Waals surface area contributed by atoms with Crippen LogP contribution in [0.3, 0.4) is 0 Å². The maximum absolute atomic E-state index is 10.2. The minimum absolute atomic E-state index is 0.304. The standard InChI is InChI=1S/C13H21ClN2O/c1-4-16-11(13(14)9(3)15-16)7-12(17)8(2)10-5-6-10/h8,10,12,17H,4-7H2,1-3H3. The van der Waals surface area contributed by atoms with Gasteiger partial charge in [0.1, 0.15) is 0 Å². The van der Waals surface area contributed by atoms with Crippen molar-refractivity contribution < 1.29 is 5.11 Å². The molecule has 1 saturated carbocycles. The second kappa shape index (κ2) is 4.99. The SMILES string of the molecule is CCn1nc(C)c(Cl)c1CC(O)C(C)C1CC1. The van der Waals surface area contributed by atoms with Crippen LogP contribution in [0.5, 0.6) is 0 Å². The van der Waals surface area contributed by atoms with Gasteiger partial charge in [-0.3, -0.25) is 4.68 Å². The summed E-state index contributed by atoms with van der Waals surface area (Å²) in [5.41, 5.74) is 1.83. The van der Waals surface area contributed by atoms with Crippen molar-refractivity contribution in [2.45, 2.75) is 52.7 Å². The van der Waals surface area contributed by atoms with E-state index in [0.29, 0.717) is 23.3 Å². The number of aliphatic hydroxyl groups is 1. The summed E-state index contributed by atoms with van der Waals surface area (Å²) in [4.78, 5) is 0. The Hall–Kier alpha value is -0.540. The van der Waals surface area contributed by atoms with Gasteiger partial charge in [0.2, 0.25) is 0 Å². The number of aromatic nitrogens is 2. The third kappa shape index (κ3) is 2.66. The van der Waals surface area contributed by atoms with Crippen LogP contribution in [-0.2, 0) is 13.0 Å². The van der Waals surface area contributed by atoms with Crippen LogP contribution in [0.2, 0.25) is 5.02 Å². The maximum Gasteiger partial charge on any atom is 0.0848 e. The molecule has 0 aliphatic heterocycles. The number of aliphatic hydroxyl groups excluding tert-OH is 1. The summed E-state index contributed by atoms with van der Waals surface area (Å²) in [6.45, 7) is 6.89. The summed E-state index contributed by atoms with van der Waals surface area (Å²) in [6, 6.07) is 0. The molecule has 1 aliphatic carbocycles. The highest BCUT2D eigenvalue weighted by atomic mass is 35.5. The summed E-state index contributed by atoms with van der Waals surface area (Å²) >= 11 is 6.24. The van der Waals surface area contributed by atoms with Crippen molar-refractivity contribution in [3.05, 3.63) is 16.4 Å². The predicted molar refractivity (Wildman–Crippen MR) is 69.2 cm³/mol. The van der Waals surface area contributed by atoms with Gasteiger partial charge in [0, 0.05) is 13.0 Å². The minimum atomic E-state index is -0.304. The second-order valence-corrected chi connectivity index (χ2v) is 5.51. The van der Waals surface area contributed by atoms with E-state index >= 15 is 0 Å². The van der Waals surface area contributed by atoms with Crippen LogP contribution in [0.1, 0.15) is 38.1 Å². The third-order valence-electron chi connectivity index (χ3n) is 3.83. The van der Waals surface area contributed by atoms with E-state index in [-0.39, 0.29) is 6.10 Å². The molecule has 96 valence electrons. The van der Waals surface area contributed by atoms with E-state index in [2.05, 4.69) is 12.0 Å². The summed E-state index contributed by atoms with van der Waals surface area (Å²) in [6.07, 6.45) is 2.84. The Balaban J connectivity index is 2.11. The molecule has 2 rings (SSSR count). The van der Waals surface area contributed by atoms with Gasteiger partial charge in [-0.25, -0.2) is 0 Å². The van der Waals surface area contributed by atoms with Crippen molar-refractivity contribution in [3.8, 4) is 0 Å². The normalized spacial score (nSPS) is 19.4. The molecule has 2 atom stereocenters. The molecule has 0 bridgehead atoms. The van der Waals surface area contributed by atoms with E-state index in [1.54, 1.807) is 0 Å². The topological polar surface area (TPSA) is 38.0 Å². The molecule has 2 unspecified atom stereocenters. The Morgan fingerprint density at radius 3 is 2.71 bits per heavy atom. The van der Waals surface area contributed by atoms with E-state index in [4.69, 9.17) is 11.6 Å². The highest BCUT2D eigenvalue weighted by Gasteiger charge is 2.33. The second-order valence-electron chi connectivity index (χ2n) is 5.13. The molecule has 1 aromatic heterocycles. The Labute approximate surface area is 108 Å². The van der Waals surface area contributed by atoms with Crippen LogP contribution in [0, 0.1) is 18.8 Å². The summed E-state index contributed by atoms with van der Waals surface area (Å²) in [5, 5.41) is 15.3. The van der Waals surface area contributed by atoms with Crippen molar-refractivity contribution in [3.63, 3.8) is 0 Å². The molecule has 1 N–H and O–H groups in total. The fraction of sp³-hybridized carbons (Fsp3) is 0.769. The number of rotatable bonds is 5. The molecule has 1 aromatic rings. The number of halogens is 1. The van der Waals surface area contributed by atoms with E-state index < -0.39 is 0 Å². The number of hydrogen-bond acceptors (Lipinski definition) is 2. The molecule has 3 nitrogen and oxygen atoms in total. The van der Waals surface area contributed by atoms with Crippen molar-refractivity contribution in [1.82, 2.24) is 9.78 Å². The van der Waals surface area contributed by atoms with Crippen LogP contribution in [0.25, 0.3) is 0 Å². The zero-order chi connectivity index (χ0) is 12.6. The first-order chi connectivity index (χ1) is 8.04. The van der Waals surface area contributed by atoms with E-state index in [9.17, 15) is 5.11 Å². The molecule has 0 spiro atoms. The molecular formula is C13H21ClN2O. The maximum atomic E-state index is 10.2. The number of nitrogens with zero attached hydrogens (tertiary/aromatic N) is 2. The molecule has 0 radical (unpaired) electrons. The van der Waals surface area contributed by atoms with Gasteiger partial charge in [0.05, 0.1) is 22.5 Å². The lowest BCUT2D eigenvalue weighted by Gasteiger charge is -2.18. The average molecular weight is 257 g/mol. The molecule has 1 heterocycles. The molecule has 0 saturated heterocycles. The van der Waals surface area contributed by atoms with Gasteiger partial charge in [-0.15, -0.1) is 0 Å². The molecule has 17 heavy (non-hydrogen) atoms. The summed E-state index contributed by atoms with van der Waals surface area (Å²) < 4.78 is 1.90. The first-order valence-corrected chi connectivity index (χ1v) is 6.82. The molecule has 0 amide bonds. The number of hydrogen-bond donors (Lipinski definition) is 1. The van der Waals surface area contributed by atoms with Crippen LogP contribution in [-0.4, -0.2) is 21.0 Å². The Bertz CT molecular complexity index is 398. The lowest BCUT2D eigenvalue weighted by Crippen LogP contribution is -2.23. The lowest BCUT2D eigenvalue weighted by molar-refractivity contribution is 0.103. The Kier molecular flexibility index (Phi) is 3.79. The van der Waals surface area contributed by atoms with Gasteiger partial charge in [0.15, 0.2) is 0 Å². The molecule has 1 fully saturated rings. The minimum Gasteiger partial charge on any atom is -0.392 e. The van der Waals surface area contributed by atoms with E-state index in [1.165, 1.54) is 12.8 Å². The predicted octanol–water partition coefficient (Wildman–Crippen LogP) is 2.81. The molecule has 0 aromatic carbocycles. The molecular weight excluding hydrogens is 236 g/mol. The van der Waals surface area contributed by atoms with Gasteiger partial charge in [-0.05, 0) is 38.5 Å². The zero-order valence-electron chi connectivity index (χ0n) is 10.8. The van der Waals surface area contributed by atoms with Gasteiger partial charge in [-0.2, -0.15) is 5.10 Å². The highest BCUT2D eigenvalue weighted by Crippen LogP contribution is 2.39. The Morgan fingerprint density at radius 2 is 2.18 bits per heavy atom. The first kappa shape index (κ1) is 12.9. The van der Waals surface area contributed by atoms with Gasteiger partial charge < -0.3 is 5.11 Å². The average Bonchev–Trinajstić information content (AvgIpc) is 3.11. The van der Waals surface area contributed by atoms with Crippen LogP contribution < -0.4 is 0 Å². The lowest BCUT2D eigenvalue weighted by atomic mass is 9.95. The third-order valence-corrected chi connectivity index (χ3v) is 4.32. The van der Waals surface area contributed by atoms with E-state index in [1.807, 2.05) is 18.5 Å². The number of aryl methyl sites for hydroxylation is 2. The first-order valence-electron chi connectivity index (χ1n) is 6.44. The quantitative estimate of drug-likeness (QED) is 0.880. The van der Waals surface area contributed by atoms with Crippen molar-refractivity contribution in [1.29, 1.82) is 0 Å². The smallest absolute Gasteiger partial charge is 0.0848 e. The molecule has 4 heteroatoms. The fourth-order valence-electron chi connectivity index (χ4n) is 2.38. The van der Waals surface area contributed by atoms with Crippen molar-refractivity contribution in [2.24, 2.45) is 11.8 Å². The summed E-state index contributed by atoms with van der Waals surface area (Å²) in [5.74, 6) is 1.08. The monoisotopic (exact) mass is 256 g/mol. The van der Waals surface area contributed by atoms with Gasteiger partial charge >= 0.3 is 0 Å². The van der Waals surface area contributed by atoms with Crippen molar-refractivity contribution in [2.75, 3.05) is 0 Å². The highest BCUT2D eigenvalue weighted by molar-refractivity contribution is 6.31. The van der Waals surface area contributed by atoms with Crippen LogP contribution >= 0.6 is 11.6 Å². The fourth-order valence-corrected chi connectivity index (χ4v) is 2.60. The van der Waals surface area contributed by atoms with Gasteiger partial charge in [-0.1, -0.05) is 18.5 Å². The van der Waals surface area contributed by atoms with Crippen LogP contribution in [0.4, 0.5) is 0 Å². The summed E-state index contributed by atoms with van der Waals surface area (Å²) in [7, 11) is 0. The van der Waals surface area contributed by atoms with Crippen molar-refractivity contribution >= 4 is 11.6 Å². The van der Waals surface area contributed by atoms with Crippen LogP contribution in [0.15, 0.2) is 0 Å². The zero-order valence-corrected chi connectivity index (χ0v) is 11.5.